The minimum atomic E-state index is -0.833. The number of carboxylic acids is 1. The first-order valence-electron chi connectivity index (χ1n) is 22.3. The van der Waals surface area contributed by atoms with Crippen molar-refractivity contribution in [2.75, 3.05) is 10.9 Å². The van der Waals surface area contributed by atoms with Crippen molar-refractivity contribution < 1.29 is 63.1 Å². The molecule has 20 nitrogen and oxygen atoms in total. The van der Waals surface area contributed by atoms with Crippen LogP contribution < -0.4 is 10.9 Å². The van der Waals surface area contributed by atoms with Gasteiger partial charge in [-0.25, -0.2) is 24.5 Å². The number of carbonyl (C=O) groups is 8. The van der Waals surface area contributed by atoms with E-state index in [1.165, 1.54) is 6.92 Å². The van der Waals surface area contributed by atoms with E-state index in [0.29, 0.717) is 72.4 Å². The predicted octanol–water partition coefficient (Wildman–Crippen LogP) is 9.25. The molecule has 0 fully saturated rings. The third kappa shape index (κ3) is 14.6. The lowest BCUT2D eigenvalue weighted by molar-refractivity contribution is -0.151. The Hall–Kier alpha value is -7.28. The molecule has 6 aromatic rings. The molecule has 0 aliphatic carbocycles. The number of hydrazine groups is 2. The fraction of sp³-hybridized carbons (Fsp3) is 0.212. The number of anilines is 2. The Kier molecular flexibility index (Phi) is 20.4. The fourth-order valence-corrected chi connectivity index (χ4v) is 8.20. The SMILES string of the molecule is CC(=O)O.CC(=O)OCc1cc(NN2C(=O)C(C)=C(C)C2=O)nc2cc(Br)ccc12.CC1=C(C)C(=O)N(Nc2cc(CO)c3ccc(Br)cc3n2)C1=O.CC1=C(C)C(=O)OC1=O.OCc1cc(Cl)nc2cc(Br)ccc12. The number of rotatable bonds is 8. The number of aromatic nitrogens is 3. The number of esters is 3. The number of fused-ring (bicyclic) bond motifs is 3. The number of carbonyl (C=O) groups excluding carboxylic acids is 7. The predicted molar refractivity (Wildman–Crippen MR) is 291 cm³/mol. The molecule has 24 heteroatoms. The molecule has 4 amide bonds. The van der Waals surface area contributed by atoms with Crippen molar-refractivity contribution in [3.8, 4) is 0 Å². The highest BCUT2D eigenvalue weighted by Crippen LogP contribution is 2.29. The molecule has 3 aromatic carbocycles. The van der Waals surface area contributed by atoms with Gasteiger partial charge in [-0.2, -0.15) is 10.0 Å². The van der Waals surface area contributed by atoms with Gasteiger partial charge in [-0.3, -0.25) is 39.6 Å². The van der Waals surface area contributed by atoms with E-state index >= 15 is 0 Å². The van der Waals surface area contributed by atoms with Gasteiger partial charge in [0.15, 0.2) is 0 Å². The lowest BCUT2D eigenvalue weighted by atomic mass is 10.1. The molecule has 9 rings (SSSR count). The van der Waals surface area contributed by atoms with Crippen molar-refractivity contribution in [1.29, 1.82) is 0 Å². The summed E-state index contributed by atoms with van der Waals surface area (Å²) in [5.74, 6) is -3.25. The van der Waals surface area contributed by atoms with Crippen molar-refractivity contribution >= 4 is 151 Å². The molecule has 0 unspecified atom stereocenters. The molecule has 5 N–H and O–H groups in total. The maximum absolute atomic E-state index is 12.2. The molecule has 3 aliphatic heterocycles. The Balaban J connectivity index is 0.000000193. The summed E-state index contributed by atoms with van der Waals surface area (Å²) in [6, 6.07) is 21.7. The van der Waals surface area contributed by atoms with Crippen LogP contribution in [0.1, 0.15) is 72.1 Å². The average molecular weight is 1250 g/mol. The zero-order valence-corrected chi connectivity index (χ0v) is 47.2. The van der Waals surface area contributed by atoms with Gasteiger partial charge in [0.1, 0.15) is 23.4 Å². The fourth-order valence-electron chi connectivity index (χ4n) is 6.93. The topological polar surface area (TPSA) is 285 Å². The van der Waals surface area contributed by atoms with Crippen LogP contribution in [0.4, 0.5) is 11.6 Å². The molecule has 76 heavy (non-hydrogen) atoms. The van der Waals surface area contributed by atoms with Crippen molar-refractivity contribution in [1.82, 2.24) is 25.0 Å². The van der Waals surface area contributed by atoms with E-state index in [1.54, 1.807) is 65.8 Å². The quantitative estimate of drug-likeness (QED) is 0.0410. The number of carboxylic acid groups (broad SMARTS) is 1. The minimum Gasteiger partial charge on any atom is -0.481 e. The summed E-state index contributed by atoms with van der Waals surface area (Å²) < 4.78 is 12.0. The summed E-state index contributed by atoms with van der Waals surface area (Å²) in [6.07, 6.45) is 0. The first kappa shape index (κ1) is 59.6. The molecule has 0 atom stereocenters. The van der Waals surface area contributed by atoms with Crippen LogP contribution in [0.2, 0.25) is 5.15 Å². The molecule has 396 valence electrons. The van der Waals surface area contributed by atoms with Gasteiger partial charge in [0.25, 0.3) is 29.6 Å². The number of benzene rings is 3. The van der Waals surface area contributed by atoms with Crippen LogP contribution >= 0.6 is 59.4 Å². The highest BCUT2D eigenvalue weighted by Gasteiger charge is 2.35. The molecule has 3 aromatic heterocycles. The highest BCUT2D eigenvalue weighted by molar-refractivity contribution is 9.11. The van der Waals surface area contributed by atoms with Gasteiger partial charge in [-0.05, 0) is 107 Å². The maximum Gasteiger partial charge on any atom is 0.342 e. The van der Waals surface area contributed by atoms with Crippen molar-refractivity contribution in [2.24, 2.45) is 0 Å². The highest BCUT2D eigenvalue weighted by atomic mass is 79.9. The smallest absolute Gasteiger partial charge is 0.342 e. The van der Waals surface area contributed by atoms with E-state index < -0.39 is 47.5 Å². The molecule has 0 spiro atoms. The zero-order valence-electron chi connectivity index (χ0n) is 41.7. The van der Waals surface area contributed by atoms with Gasteiger partial charge < -0.3 is 24.8 Å². The number of aliphatic hydroxyl groups is 2. The number of cyclic esters (lactones) is 2. The normalized spacial score (nSPS) is 14.0. The van der Waals surface area contributed by atoms with Crippen LogP contribution in [0.3, 0.4) is 0 Å². The second-order valence-corrected chi connectivity index (χ2v) is 19.7. The average Bonchev–Trinajstić information content (AvgIpc) is 3.78. The summed E-state index contributed by atoms with van der Waals surface area (Å²) in [5.41, 5.74) is 12.2. The third-order valence-electron chi connectivity index (χ3n) is 11.3. The first-order valence-corrected chi connectivity index (χ1v) is 25.1. The summed E-state index contributed by atoms with van der Waals surface area (Å²) in [5, 5.41) is 30.9. The Morgan fingerprint density at radius 2 is 0.882 bits per heavy atom. The molecule has 6 heterocycles. The van der Waals surface area contributed by atoms with Crippen LogP contribution in [0, 0.1) is 0 Å². The van der Waals surface area contributed by atoms with Crippen molar-refractivity contribution in [3.63, 3.8) is 0 Å². The molecule has 0 radical (unpaired) electrons. The summed E-state index contributed by atoms with van der Waals surface area (Å²) >= 11 is 15.9. The van der Waals surface area contributed by atoms with Crippen molar-refractivity contribution in [2.45, 2.75) is 75.2 Å². The second-order valence-electron chi connectivity index (χ2n) is 16.6. The number of pyridine rings is 3. The van der Waals surface area contributed by atoms with Crippen molar-refractivity contribution in [3.05, 3.63) is 141 Å². The standard InChI is InChI=1S/C18H16BrN3O4.C16H14BrN3O3.C10H7BrClNO.C6H6O3.C2H4O2/c1-9-10(2)18(25)22(17(9)24)21-16-6-12(8-26-11(3)23)14-5-4-13(19)7-15(14)20-16;1-8-9(2)16(23)20(15(8)22)19-14-5-10(7-21)12-4-3-11(17)6-13(12)18-14;11-7-1-2-8-6(5-14)3-10(12)13-9(8)4-7;1-3-4(2)6(8)9-5(3)7;1-2(3)4/h4-7H,8H2,1-3H3,(H,20,21);3-6,21H,7H2,1-2H3,(H,18,19);1-4,14H,5H2;1-2H3;1H3,(H,3,4). The van der Waals surface area contributed by atoms with E-state index in [1.807, 2.05) is 48.5 Å². The van der Waals surface area contributed by atoms with Gasteiger partial charge in [0, 0.05) is 82.4 Å². The molecule has 0 saturated heterocycles. The second kappa shape index (κ2) is 26.0. The summed E-state index contributed by atoms with van der Waals surface area (Å²) in [6.45, 7) is 11.9. The van der Waals surface area contributed by atoms with Gasteiger partial charge in [-0.1, -0.05) is 77.6 Å². The molecule has 0 bridgehead atoms. The van der Waals surface area contributed by atoms with Crippen LogP contribution in [0.5, 0.6) is 0 Å². The van der Waals surface area contributed by atoms with Gasteiger partial charge in [-0.15, -0.1) is 0 Å². The minimum absolute atomic E-state index is 0.0274. The Morgan fingerprint density at radius 1 is 0.553 bits per heavy atom. The van der Waals surface area contributed by atoms with E-state index in [9.17, 15) is 38.7 Å². The summed E-state index contributed by atoms with van der Waals surface area (Å²) in [7, 11) is 0. The lowest BCUT2D eigenvalue weighted by Gasteiger charge is -2.18. The van der Waals surface area contributed by atoms with Gasteiger partial charge in [0.05, 0.1) is 29.8 Å². The number of hydrogen-bond donors (Lipinski definition) is 5. The van der Waals surface area contributed by atoms with Gasteiger partial charge in [0.2, 0.25) is 0 Å². The number of ether oxygens (including phenoxy) is 2. The zero-order chi connectivity index (χ0) is 56.5. The number of halogens is 4. The molecule has 0 saturated carbocycles. The number of imide groups is 2. The number of amides is 4. The Labute approximate surface area is 464 Å². The number of nitrogens with one attached hydrogen (secondary N) is 2. The number of aliphatic hydroxyl groups excluding tert-OH is 2. The number of hydrogen-bond acceptors (Lipinski definition) is 17. The van der Waals surface area contributed by atoms with E-state index in [-0.39, 0.29) is 19.8 Å². The van der Waals surface area contributed by atoms with Crippen LogP contribution in [0.25, 0.3) is 32.7 Å². The summed E-state index contributed by atoms with van der Waals surface area (Å²) in [4.78, 5) is 103. The maximum atomic E-state index is 12.2. The lowest BCUT2D eigenvalue weighted by Crippen LogP contribution is -2.37. The monoisotopic (exact) mass is 1250 g/mol. The van der Waals surface area contributed by atoms with E-state index in [0.717, 1.165) is 57.6 Å². The molecule has 3 aliphatic rings. The third-order valence-corrected chi connectivity index (χ3v) is 13.0. The first-order chi connectivity index (χ1) is 35.8. The van der Waals surface area contributed by atoms with Crippen LogP contribution in [-0.4, -0.2) is 87.8 Å². The van der Waals surface area contributed by atoms with Crippen LogP contribution in [-0.2, 0) is 67.7 Å². The van der Waals surface area contributed by atoms with Crippen LogP contribution in [0.15, 0.2) is 120 Å². The Bertz CT molecular complexity index is 3430. The molecular weight excluding hydrogens is 1210 g/mol. The van der Waals surface area contributed by atoms with E-state index in [4.69, 9.17) is 31.3 Å². The number of nitrogens with zero attached hydrogens (tertiary/aromatic N) is 5. The van der Waals surface area contributed by atoms with E-state index in [2.05, 4.69) is 78.3 Å². The largest absolute Gasteiger partial charge is 0.481 e. The Morgan fingerprint density at radius 3 is 1.21 bits per heavy atom. The molecular formula is C52H47Br3ClN7O13. The van der Waals surface area contributed by atoms with Gasteiger partial charge >= 0.3 is 17.9 Å². The number of aliphatic carboxylic acids is 1.